The number of fused-ring (bicyclic) bond motifs is 1. The molecule has 48 heavy (non-hydrogen) atoms. The Hall–Kier alpha value is -2.98. The Labute approximate surface area is 288 Å². The van der Waals surface area contributed by atoms with Crippen molar-refractivity contribution < 1.29 is 19.2 Å². The van der Waals surface area contributed by atoms with Gasteiger partial charge in [-0.3, -0.25) is 24.6 Å². The van der Waals surface area contributed by atoms with Gasteiger partial charge in [0.1, 0.15) is 5.82 Å². The van der Waals surface area contributed by atoms with Crippen LogP contribution in [0.1, 0.15) is 88.2 Å². The quantitative estimate of drug-likeness (QED) is 0.0924. The van der Waals surface area contributed by atoms with Crippen LogP contribution in [-0.2, 0) is 22.7 Å². The fraction of sp³-hybridized carbons (Fsp3) is 0.579. The summed E-state index contributed by atoms with van der Waals surface area (Å²) >= 11 is 6.08. The molecule has 2 amide bonds. The van der Waals surface area contributed by atoms with Crippen molar-refractivity contribution in [2.45, 2.75) is 102 Å². The monoisotopic (exact) mass is 679 g/mol. The van der Waals surface area contributed by atoms with E-state index in [0.717, 1.165) is 57.2 Å². The van der Waals surface area contributed by atoms with E-state index in [1.165, 1.54) is 61.3 Å². The minimum absolute atomic E-state index is 0.131. The number of amides is 2. The first-order chi connectivity index (χ1) is 23.4. The molecule has 3 N–H and O–H groups in total. The fourth-order valence-electron chi connectivity index (χ4n) is 8.89. The molecule has 260 valence electrons. The number of halogens is 2. The van der Waals surface area contributed by atoms with Gasteiger partial charge in [-0.05, 0) is 112 Å². The second-order valence-electron chi connectivity index (χ2n) is 14.2. The summed E-state index contributed by atoms with van der Waals surface area (Å²) in [6, 6.07) is 14.9. The molecule has 0 saturated carbocycles. The summed E-state index contributed by atoms with van der Waals surface area (Å²) in [6.07, 6.45) is 13.5. The molecule has 0 aliphatic carbocycles. The first kappa shape index (κ1) is 34.9. The Morgan fingerprint density at radius 1 is 0.938 bits per heavy atom. The minimum Gasteiger partial charge on any atom is -0.356 e. The molecular formula is C38H51ClFN5O3. The third kappa shape index (κ3) is 8.41. The van der Waals surface area contributed by atoms with E-state index in [0.29, 0.717) is 49.9 Å². The highest BCUT2D eigenvalue weighted by Gasteiger charge is 2.48. The van der Waals surface area contributed by atoms with Crippen LogP contribution in [-0.4, -0.2) is 69.7 Å². The maximum absolute atomic E-state index is 13.8. The molecule has 3 aliphatic rings. The van der Waals surface area contributed by atoms with Crippen molar-refractivity contribution >= 4 is 34.3 Å². The van der Waals surface area contributed by atoms with E-state index >= 15 is 0 Å². The summed E-state index contributed by atoms with van der Waals surface area (Å²) in [5, 5.41) is 13.1. The molecule has 0 bridgehead atoms. The van der Waals surface area contributed by atoms with Crippen LogP contribution in [0.15, 0.2) is 48.7 Å². The van der Waals surface area contributed by atoms with Crippen LogP contribution in [0.5, 0.6) is 0 Å². The summed E-state index contributed by atoms with van der Waals surface area (Å²) in [5.41, 5.74) is 5.15. The van der Waals surface area contributed by atoms with Crippen LogP contribution in [0.4, 0.5) is 4.39 Å². The van der Waals surface area contributed by atoms with Gasteiger partial charge in [0.25, 0.3) is 0 Å². The Morgan fingerprint density at radius 3 is 2.58 bits per heavy atom. The zero-order valence-corrected chi connectivity index (χ0v) is 28.8. The summed E-state index contributed by atoms with van der Waals surface area (Å²) in [5.74, 6) is 0.732. The lowest BCUT2D eigenvalue weighted by Crippen LogP contribution is -2.64. The fourth-order valence-corrected chi connectivity index (χ4v) is 9.09. The van der Waals surface area contributed by atoms with Crippen LogP contribution in [0.3, 0.4) is 0 Å². The van der Waals surface area contributed by atoms with Crippen molar-refractivity contribution in [3.8, 4) is 0 Å². The first-order valence-electron chi connectivity index (χ1n) is 18.1. The highest BCUT2D eigenvalue weighted by Crippen LogP contribution is 2.44. The first-order valence-corrected chi connectivity index (χ1v) is 18.5. The van der Waals surface area contributed by atoms with Gasteiger partial charge in [-0.25, -0.2) is 9.87 Å². The van der Waals surface area contributed by atoms with E-state index in [4.69, 9.17) is 16.8 Å². The van der Waals surface area contributed by atoms with Crippen molar-refractivity contribution in [2.75, 3.05) is 26.2 Å². The molecule has 8 nitrogen and oxygen atoms in total. The summed E-state index contributed by atoms with van der Waals surface area (Å²) in [7, 11) is 0. The molecule has 10 heteroatoms. The lowest BCUT2D eigenvalue weighted by Gasteiger charge is -2.57. The molecule has 6 rings (SSSR count). The van der Waals surface area contributed by atoms with Gasteiger partial charge in [0.2, 0.25) is 11.8 Å². The molecule has 1 aromatic heterocycles. The number of likely N-dealkylation sites (tertiary alicyclic amines) is 1. The van der Waals surface area contributed by atoms with Crippen molar-refractivity contribution in [1.82, 2.24) is 25.2 Å². The SMILES string of the molecule is O=C(CCCCCCNC(=O)CCC[C@@H]1[C@H]2CCCN3CCC[C@H](CN1Cc1cccc4c1ccn4Cc1ccc(F)c(Cl)c1)[C@@H]23)NO. The van der Waals surface area contributed by atoms with E-state index in [2.05, 4.69) is 50.1 Å². The number of aromatic nitrogens is 1. The predicted octanol–water partition coefficient (Wildman–Crippen LogP) is 6.90. The van der Waals surface area contributed by atoms with E-state index in [1.807, 2.05) is 0 Å². The third-order valence-electron chi connectivity index (χ3n) is 11.1. The molecule has 4 atom stereocenters. The maximum atomic E-state index is 13.8. The lowest BCUT2D eigenvalue weighted by molar-refractivity contribution is -0.129. The van der Waals surface area contributed by atoms with Gasteiger partial charge >= 0.3 is 0 Å². The van der Waals surface area contributed by atoms with Gasteiger partial charge in [-0.15, -0.1) is 0 Å². The largest absolute Gasteiger partial charge is 0.356 e. The van der Waals surface area contributed by atoms with Crippen LogP contribution in [0, 0.1) is 17.7 Å². The van der Waals surface area contributed by atoms with E-state index in [9.17, 15) is 14.0 Å². The van der Waals surface area contributed by atoms with Crippen molar-refractivity contribution in [2.24, 2.45) is 11.8 Å². The van der Waals surface area contributed by atoms with Crippen molar-refractivity contribution in [3.63, 3.8) is 0 Å². The average Bonchev–Trinajstić information content (AvgIpc) is 3.50. The molecular weight excluding hydrogens is 629 g/mol. The molecule has 0 unspecified atom stereocenters. The van der Waals surface area contributed by atoms with Gasteiger partial charge in [0.15, 0.2) is 0 Å². The molecule has 2 aromatic carbocycles. The zero-order chi connectivity index (χ0) is 33.5. The van der Waals surface area contributed by atoms with E-state index in [1.54, 1.807) is 17.6 Å². The van der Waals surface area contributed by atoms with Gasteiger partial charge in [0.05, 0.1) is 5.02 Å². The molecule has 0 radical (unpaired) electrons. The molecule has 3 aliphatic heterocycles. The number of nitrogens with zero attached hydrogens (tertiary/aromatic N) is 3. The number of unbranched alkanes of at least 4 members (excludes halogenated alkanes) is 3. The molecule has 3 saturated heterocycles. The van der Waals surface area contributed by atoms with Crippen LogP contribution < -0.4 is 10.8 Å². The second kappa shape index (κ2) is 16.6. The number of carbonyl (C=O) groups is 2. The van der Waals surface area contributed by atoms with Gasteiger partial charge in [0, 0.05) is 68.2 Å². The smallest absolute Gasteiger partial charge is 0.243 e. The van der Waals surface area contributed by atoms with Gasteiger partial charge in [-0.1, -0.05) is 42.6 Å². The predicted molar refractivity (Wildman–Crippen MR) is 187 cm³/mol. The highest BCUT2D eigenvalue weighted by molar-refractivity contribution is 6.30. The molecule has 4 heterocycles. The van der Waals surface area contributed by atoms with Crippen molar-refractivity contribution in [3.05, 3.63) is 70.6 Å². The van der Waals surface area contributed by atoms with Gasteiger partial charge in [-0.2, -0.15) is 0 Å². The summed E-state index contributed by atoms with van der Waals surface area (Å²) in [6.45, 7) is 5.77. The number of benzene rings is 2. The van der Waals surface area contributed by atoms with Crippen LogP contribution in [0.2, 0.25) is 5.02 Å². The third-order valence-corrected chi connectivity index (χ3v) is 11.4. The Kier molecular flexibility index (Phi) is 12.1. The maximum Gasteiger partial charge on any atom is 0.243 e. The number of piperidine rings is 3. The normalized spacial score (nSPS) is 22.8. The Balaban J connectivity index is 1.09. The summed E-state index contributed by atoms with van der Waals surface area (Å²) < 4.78 is 16.0. The summed E-state index contributed by atoms with van der Waals surface area (Å²) in [4.78, 5) is 29.5. The molecule has 3 fully saturated rings. The van der Waals surface area contributed by atoms with Gasteiger partial charge < -0.3 is 9.88 Å². The number of hydrogen-bond acceptors (Lipinski definition) is 5. The average molecular weight is 680 g/mol. The topological polar surface area (TPSA) is 89.8 Å². The van der Waals surface area contributed by atoms with E-state index < -0.39 is 5.82 Å². The highest BCUT2D eigenvalue weighted by atomic mass is 35.5. The number of hydrogen-bond donors (Lipinski definition) is 3. The molecule has 3 aromatic rings. The standard InChI is InChI=1S/C38H51ClFN5O3/c39-32-23-27(16-17-33(32)40)24-44-22-18-30-28(9-5-12-34(30)44)25-45-26-29-10-7-20-43-21-8-11-31(38(29)43)35(45)13-6-15-36(46)41-19-4-2-1-3-14-37(47)42-48/h5,9,12,16-18,22-23,29,31,35,38,48H,1-4,6-8,10-11,13-15,19-21,24-26H2,(H,41,46)(H,42,47)/t29-,31-,35-,38+/m1/s1. The Bertz CT molecular complexity index is 1550. The number of carbonyl (C=O) groups excluding carboxylic acids is 2. The number of nitrogens with one attached hydrogen (secondary N) is 2. The van der Waals surface area contributed by atoms with E-state index in [-0.39, 0.29) is 16.8 Å². The van der Waals surface area contributed by atoms with Crippen LogP contribution in [0.25, 0.3) is 10.9 Å². The molecule has 0 spiro atoms. The zero-order valence-electron chi connectivity index (χ0n) is 28.0. The van der Waals surface area contributed by atoms with Crippen LogP contribution >= 0.6 is 11.6 Å². The second-order valence-corrected chi connectivity index (χ2v) is 14.6. The van der Waals surface area contributed by atoms with Crippen molar-refractivity contribution in [1.29, 1.82) is 0 Å². The Morgan fingerprint density at radius 2 is 1.75 bits per heavy atom. The minimum atomic E-state index is -0.395. The lowest BCUT2D eigenvalue weighted by atomic mass is 9.69. The number of rotatable bonds is 15. The number of hydroxylamine groups is 1.